The average Bonchev–Trinajstić information content (AvgIpc) is 2.90. The first-order chi connectivity index (χ1) is 17.8. The number of aliphatic carboxylic acids is 1. The molecule has 4 aromatic carbocycles. The van der Waals surface area contributed by atoms with Crippen molar-refractivity contribution < 1.29 is 24.2 Å². The van der Waals surface area contributed by atoms with Crippen LogP contribution in [0.1, 0.15) is 25.0 Å². The third-order valence-electron chi connectivity index (χ3n) is 6.34. The first-order valence-electron chi connectivity index (χ1n) is 12.2. The number of carbonyl (C=O) groups is 3. The number of alkyl carbamates (subject to hydrolysis) is 1. The van der Waals surface area contributed by atoms with Gasteiger partial charge in [-0.15, -0.1) is 0 Å². The molecule has 190 valence electrons. The van der Waals surface area contributed by atoms with Crippen molar-refractivity contribution in [3.05, 3.63) is 96.1 Å². The van der Waals surface area contributed by atoms with Crippen molar-refractivity contribution in [1.29, 1.82) is 0 Å². The highest BCUT2D eigenvalue weighted by atomic mass is 16.5. The van der Waals surface area contributed by atoms with Crippen molar-refractivity contribution in [3.63, 3.8) is 0 Å². The summed E-state index contributed by atoms with van der Waals surface area (Å²) in [5.74, 6) is -2.03. The van der Waals surface area contributed by atoms with E-state index in [-0.39, 0.29) is 18.9 Å². The summed E-state index contributed by atoms with van der Waals surface area (Å²) in [5.41, 5.74) is 1.66. The second kappa shape index (κ2) is 11.6. The van der Waals surface area contributed by atoms with Crippen molar-refractivity contribution in [1.82, 2.24) is 10.6 Å². The zero-order valence-corrected chi connectivity index (χ0v) is 20.8. The zero-order valence-electron chi connectivity index (χ0n) is 20.8. The van der Waals surface area contributed by atoms with Crippen molar-refractivity contribution in [2.75, 3.05) is 0 Å². The summed E-state index contributed by atoms with van der Waals surface area (Å²) in [6.45, 7) is 3.61. The van der Waals surface area contributed by atoms with Gasteiger partial charge in [0.25, 0.3) is 0 Å². The molecule has 0 aliphatic carbocycles. The Morgan fingerprint density at radius 2 is 1.38 bits per heavy atom. The van der Waals surface area contributed by atoms with E-state index in [0.29, 0.717) is 0 Å². The van der Waals surface area contributed by atoms with Crippen LogP contribution in [-0.2, 0) is 27.4 Å². The molecule has 0 spiro atoms. The van der Waals surface area contributed by atoms with Gasteiger partial charge in [-0.25, -0.2) is 9.59 Å². The van der Waals surface area contributed by atoms with Crippen LogP contribution in [0.25, 0.3) is 21.5 Å². The normalized spacial score (nSPS) is 12.7. The Bertz CT molecular complexity index is 1360. The van der Waals surface area contributed by atoms with Crippen molar-refractivity contribution in [2.45, 2.75) is 39.0 Å². The van der Waals surface area contributed by atoms with Crippen molar-refractivity contribution in [2.24, 2.45) is 5.92 Å². The molecule has 0 saturated heterocycles. The number of benzene rings is 4. The minimum absolute atomic E-state index is 0.0605. The molecular formula is C30H30N2O5. The summed E-state index contributed by atoms with van der Waals surface area (Å²) in [6.07, 6.45) is -0.656. The van der Waals surface area contributed by atoms with Gasteiger partial charge >= 0.3 is 12.1 Å². The molecule has 37 heavy (non-hydrogen) atoms. The van der Waals surface area contributed by atoms with Gasteiger partial charge in [0.1, 0.15) is 18.7 Å². The maximum atomic E-state index is 13.2. The Balaban J connectivity index is 1.52. The lowest BCUT2D eigenvalue weighted by atomic mass is 9.92. The van der Waals surface area contributed by atoms with E-state index in [9.17, 15) is 19.5 Å². The molecule has 7 heteroatoms. The van der Waals surface area contributed by atoms with Crippen LogP contribution < -0.4 is 10.6 Å². The molecule has 4 rings (SSSR count). The Morgan fingerprint density at radius 1 is 0.811 bits per heavy atom. The van der Waals surface area contributed by atoms with E-state index in [2.05, 4.69) is 16.7 Å². The van der Waals surface area contributed by atoms with Gasteiger partial charge in [-0.3, -0.25) is 4.79 Å². The maximum Gasteiger partial charge on any atom is 0.408 e. The predicted molar refractivity (Wildman–Crippen MR) is 143 cm³/mol. The molecular weight excluding hydrogens is 468 g/mol. The van der Waals surface area contributed by atoms with Crippen LogP contribution in [0.2, 0.25) is 0 Å². The van der Waals surface area contributed by atoms with E-state index in [0.717, 1.165) is 32.7 Å². The third-order valence-corrected chi connectivity index (χ3v) is 6.34. The molecule has 2 atom stereocenters. The summed E-state index contributed by atoms with van der Waals surface area (Å²) in [4.78, 5) is 37.9. The fraction of sp³-hybridized carbons (Fsp3) is 0.233. The Kier molecular flexibility index (Phi) is 8.03. The van der Waals surface area contributed by atoms with Crippen LogP contribution in [0, 0.1) is 5.92 Å². The summed E-state index contributed by atoms with van der Waals surface area (Å²) in [6, 6.07) is 24.7. The van der Waals surface area contributed by atoms with Gasteiger partial charge in [0.15, 0.2) is 0 Å². The summed E-state index contributed by atoms with van der Waals surface area (Å²) in [5, 5.41) is 19.1. The topological polar surface area (TPSA) is 105 Å². The number of amides is 2. The monoisotopic (exact) mass is 498 g/mol. The second-order valence-electron chi connectivity index (χ2n) is 9.33. The number of nitrogens with one attached hydrogen (secondary N) is 2. The molecule has 3 N–H and O–H groups in total. The number of carbonyl (C=O) groups excluding carboxylic acids is 2. The van der Waals surface area contributed by atoms with Gasteiger partial charge in [-0.1, -0.05) is 92.7 Å². The average molecular weight is 499 g/mol. The standard InChI is InChI=1S/C30H30N2O5/c1-19(2)27(32-30(36)37-18-20-10-4-3-5-11-20)28(33)31-26(29(34)35)17-25-23-14-8-6-12-21(23)16-22-13-7-9-15-24(22)25/h3-16,19,26-27H,17-18H2,1-2H3,(H,31,33)(H,32,36)(H,34,35)/t26-,27+/m0/s1. The van der Waals surface area contributed by atoms with E-state index in [4.69, 9.17) is 4.74 Å². The van der Waals surface area contributed by atoms with Gasteiger partial charge in [-0.05, 0) is 44.7 Å². The maximum absolute atomic E-state index is 13.2. The molecule has 2 amide bonds. The fourth-order valence-electron chi connectivity index (χ4n) is 4.42. The molecule has 0 aliphatic heterocycles. The van der Waals surface area contributed by atoms with Crippen LogP contribution in [0.4, 0.5) is 4.79 Å². The number of carboxylic acid groups (broad SMARTS) is 1. The van der Waals surface area contributed by atoms with Crippen LogP contribution in [0.15, 0.2) is 84.9 Å². The number of hydrogen-bond acceptors (Lipinski definition) is 4. The SMILES string of the molecule is CC(C)[C@@H](NC(=O)OCc1ccccc1)C(=O)N[C@@H](Cc1c2ccccc2cc2ccccc12)C(=O)O. The molecule has 0 radical (unpaired) electrons. The molecule has 0 aliphatic rings. The zero-order chi connectivity index (χ0) is 26.4. The molecule has 0 saturated carbocycles. The Morgan fingerprint density at radius 3 is 1.95 bits per heavy atom. The highest BCUT2D eigenvalue weighted by Crippen LogP contribution is 2.29. The van der Waals surface area contributed by atoms with Crippen LogP contribution in [0.3, 0.4) is 0 Å². The van der Waals surface area contributed by atoms with E-state index < -0.39 is 30.1 Å². The third kappa shape index (κ3) is 6.25. The molecule has 0 aromatic heterocycles. The van der Waals surface area contributed by atoms with Crippen LogP contribution in [-0.4, -0.2) is 35.2 Å². The highest BCUT2D eigenvalue weighted by molar-refractivity contribution is 6.02. The molecule has 0 heterocycles. The van der Waals surface area contributed by atoms with Crippen LogP contribution >= 0.6 is 0 Å². The number of rotatable bonds is 9. The van der Waals surface area contributed by atoms with Gasteiger partial charge in [-0.2, -0.15) is 0 Å². The summed E-state index contributed by atoms with van der Waals surface area (Å²) < 4.78 is 5.26. The number of ether oxygens (including phenoxy) is 1. The van der Waals surface area contributed by atoms with Gasteiger partial charge in [0, 0.05) is 6.42 Å². The predicted octanol–water partition coefficient (Wildman–Crippen LogP) is 5.06. The van der Waals surface area contributed by atoms with E-state index >= 15 is 0 Å². The van der Waals surface area contributed by atoms with Crippen molar-refractivity contribution in [3.8, 4) is 0 Å². The van der Waals surface area contributed by atoms with E-state index in [1.807, 2.05) is 78.9 Å². The number of hydrogen-bond donors (Lipinski definition) is 3. The quantitative estimate of drug-likeness (QED) is 0.280. The fourth-order valence-corrected chi connectivity index (χ4v) is 4.42. The van der Waals surface area contributed by atoms with Gasteiger partial charge < -0.3 is 20.5 Å². The lowest BCUT2D eigenvalue weighted by molar-refractivity contribution is -0.142. The lowest BCUT2D eigenvalue weighted by Gasteiger charge is -2.24. The minimum atomic E-state index is -1.19. The van der Waals surface area contributed by atoms with E-state index in [1.165, 1.54) is 0 Å². The molecule has 0 fully saturated rings. The molecule has 4 aromatic rings. The Labute approximate surface area is 215 Å². The number of carboxylic acids is 1. The molecule has 0 bridgehead atoms. The first kappa shape index (κ1) is 25.7. The number of fused-ring (bicyclic) bond motifs is 2. The second-order valence-corrected chi connectivity index (χ2v) is 9.33. The highest BCUT2D eigenvalue weighted by Gasteiger charge is 2.30. The van der Waals surface area contributed by atoms with Gasteiger partial charge in [0.2, 0.25) is 5.91 Å². The molecule has 7 nitrogen and oxygen atoms in total. The summed E-state index contributed by atoms with van der Waals surface area (Å²) in [7, 11) is 0. The first-order valence-corrected chi connectivity index (χ1v) is 12.2. The van der Waals surface area contributed by atoms with Gasteiger partial charge in [0.05, 0.1) is 0 Å². The minimum Gasteiger partial charge on any atom is -0.480 e. The molecule has 0 unspecified atom stereocenters. The van der Waals surface area contributed by atoms with Crippen molar-refractivity contribution >= 4 is 39.5 Å². The van der Waals surface area contributed by atoms with E-state index in [1.54, 1.807) is 13.8 Å². The smallest absolute Gasteiger partial charge is 0.408 e. The lowest BCUT2D eigenvalue weighted by Crippen LogP contribution is -2.54. The largest absolute Gasteiger partial charge is 0.480 e. The van der Waals surface area contributed by atoms with Crippen LogP contribution in [0.5, 0.6) is 0 Å². The summed E-state index contributed by atoms with van der Waals surface area (Å²) >= 11 is 0. The Hall–Kier alpha value is -4.39.